The molecule has 0 aliphatic rings. The van der Waals surface area contributed by atoms with Gasteiger partial charge in [-0.3, -0.25) is 4.79 Å². The van der Waals surface area contributed by atoms with Gasteiger partial charge < -0.3 is 10.1 Å². The summed E-state index contributed by atoms with van der Waals surface area (Å²) in [4.78, 5) is 11.0. The van der Waals surface area contributed by atoms with Gasteiger partial charge in [-0.1, -0.05) is 0 Å². The molecule has 1 N–H and O–H groups in total. The normalized spacial score (nSPS) is 10.0. The van der Waals surface area contributed by atoms with E-state index in [1.165, 1.54) is 0 Å². The van der Waals surface area contributed by atoms with E-state index in [1.807, 2.05) is 0 Å². The van der Waals surface area contributed by atoms with Gasteiger partial charge in [0.1, 0.15) is 11.6 Å². The number of carbonyl (C=O) groups is 1. The Hall–Kier alpha value is -2.00. The molecule has 0 unspecified atom stereocenters. The fourth-order valence-corrected chi connectivity index (χ4v) is 1.47. The highest BCUT2D eigenvalue weighted by atomic mass is 19.1. The van der Waals surface area contributed by atoms with E-state index in [0.29, 0.717) is 6.61 Å². The maximum atomic E-state index is 13.5. The predicted molar refractivity (Wildman–Crippen MR) is 64.0 cm³/mol. The van der Waals surface area contributed by atoms with Gasteiger partial charge in [-0.05, 0) is 19.1 Å². The molecule has 0 amide bonds. The number of carbonyl (C=O) groups excluding carboxylic acids is 1. The van der Waals surface area contributed by atoms with Crippen molar-refractivity contribution in [3.63, 3.8) is 0 Å². The Morgan fingerprint density at radius 3 is 2.58 bits per heavy atom. The maximum Gasteiger partial charge on any atom is 0.307 e. The molecule has 102 valence electrons. The molecule has 0 atom stereocenters. The van der Waals surface area contributed by atoms with Crippen LogP contribution in [0.3, 0.4) is 0 Å². The van der Waals surface area contributed by atoms with Gasteiger partial charge in [-0.15, -0.1) is 0 Å². The molecule has 0 aliphatic heterocycles. The van der Waals surface area contributed by atoms with Crippen LogP contribution < -0.4 is 5.32 Å². The van der Waals surface area contributed by atoms with E-state index < -0.39 is 11.6 Å². The van der Waals surface area contributed by atoms with Gasteiger partial charge in [-0.25, -0.2) is 8.78 Å². The van der Waals surface area contributed by atoms with Gasteiger partial charge in [0.15, 0.2) is 0 Å². The highest BCUT2D eigenvalue weighted by molar-refractivity contribution is 5.69. The molecule has 0 aromatic heterocycles. The summed E-state index contributed by atoms with van der Waals surface area (Å²) in [5.74, 6) is -1.92. The van der Waals surface area contributed by atoms with Crippen molar-refractivity contribution in [2.24, 2.45) is 0 Å². The highest BCUT2D eigenvalue weighted by Crippen LogP contribution is 2.14. The molecule has 0 radical (unpaired) electrons. The van der Waals surface area contributed by atoms with E-state index >= 15 is 0 Å². The van der Waals surface area contributed by atoms with E-state index in [2.05, 4.69) is 5.32 Å². The van der Waals surface area contributed by atoms with Crippen LogP contribution in [0.2, 0.25) is 0 Å². The summed E-state index contributed by atoms with van der Waals surface area (Å²) in [6, 6.07) is 3.63. The first-order chi connectivity index (χ1) is 9.08. The number of rotatable bonds is 6. The molecule has 4 nitrogen and oxygen atoms in total. The average Bonchev–Trinajstić information content (AvgIpc) is 2.37. The lowest BCUT2D eigenvalue weighted by molar-refractivity contribution is -0.142. The largest absolute Gasteiger partial charge is 0.466 e. The molecule has 1 rings (SSSR count). The smallest absolute Gasteiger partial charge is 0.307 e. The minimum atomic E-state index is -0.778. The van der Waals surface area contributed by atoms with Crippen molar-refractivity contribution in [1.82, 2.24) is 5.32 Å². The van der Waals surface area contributed by atoms with Crippen LogP contribution in [0.5, 0.6) is 0 Å². The first-order valence-electron chi connectivity index (χ1n) is 5.82. The molecule has 0 saturated heterocycles. The summed E-state index contributed by atoms with van der Waals surface area (Å²) in [5, 5.41) is 11.3. The number of nitrogens with zero attached hydrogens (tertiary/aromatic N) is 1. The number of nitriles is 1. The third-order valence-corrected chi connectivity index (χ3v) is 2.38. The Labute approximate surface area is 110 Å². The third kappa shape index (κ3) is 4.64. The lowest BCUT2D eigenvalue weighted by atomic mass is 10.1. The van der Waals surface area contributed by atoms with Gasteiger partial charge in [-0.2, -0.15) is 5.26 Å². The van der Waals surface area contributed by atoms with Crippen molar-refractivity contribution in [2.45, 2.75) is 19.9 Å². The van der Waals surface area contributed by atoms with Gasteiger partial charge >= 0.3 is 5.97 Å². The van der Waals surface area contributed by atoms with Crippen molar-refractivity contribution in [3.8, 4) is 6.07 Å². The lowest BCUT2D eigenvalue weighted by Crippen LogP contribution is -2.20. The number of hydrogen-bond acceptors (Lipinski definition) is 4. The van der Waals surface area contributed by atoms with Gasteiger partial charge in [0.2, 0.25) is 0 Å². The van der Waals surface area contributed by atoms with Crippen molar-refractivity contribution in [1.29, 1.82) is 5.26 Å². The number of esters is 1. The Morgan fingerprint density at radius 1 is 1.42 bits per heavy atom. The summed E-state index contributed by atoms with van der Waals surface area (Å²) in [7, 11) is 0. The zero-order valence-electron chi connectivity index (χ0n) is 10.5. The Kier molecular flexibility index (Phi) is 5.90. The minimum Gasteiger partial charge on any atom is -0.466 e. The summed E-state index contributed by atoms with van der Waals surface area (Å²) in [6.45, 7) is 2.21. The predicted octanol–water partition coefficient (Wildman–Crippen LogP) is 1.88. The lowest BCUT2D eigenvalue weighted by Gasteiger charge is -2.07. The molecule has 0 aliphatic carbocycles. The van der Waals surface area contributed by atoms with Crippen LogP contribution in [0.1, 0.15) is 24.5 Å². The van der Waals surface area contributed by atoms with E-state index in [0.717, 1.165) is 12.1 Å². The fraction of sp³-hybridized carbons (Fsp3) is 0.385. The van der Waals surface area contributed by atoms with Crippen LogP contribution in [-0.2, 0) is 16.1 Å². The quantitative estimate of drug-likeness (QED) is 0.632. The number of hydrogen-bond donors (Lipinski definition) is 1. The van der Waals surface area contributed by atoms with Gasteiger partial charge in [0.05, 0.1) is 24.7 Å². The zero-order chi connectivity index (χ0) is 14.3. The summed E-state index contributed by atoms with van der Waals surface area (Å²) in [5.41, 5.74) is -0.215. The van der Waals surface area contributed by atoms with Crippen LogP contribution in [0.4, 0.5) is 8.78 Å². The summed E-state index contributed by atoms with van der Waals surface area (Å²) in [6.07, 6.45) is 0.132. The fourth-order valence-electron chi connectivity index (χ4n) is 1.47. The second-order valence-electron chi connectivity index (χ2n) is 3.76. The highest BCUT2D eigenvalue weighted by Gasteiger charge is 2.11. The molecule has 1 aromatic carbocycles. The second-order valence-corrected chi connectivity index (χ2v) is 3.76. The summed E-state index contributed by atoms with van der Waals surface area (Å²) >= 11 is 0. The number of halogens is 2. The molecule has 0 fully saturated rings. The van der Waals surface area contributed by atoms with Crippen LogP contribution in [-0.4, -0.2) is 19.1 Å². The van der Waals surface area contributed by atoms with E-state index in [4.69, 9.17) is 10.00 Å². The average molecular weight is 268 g/mol. The van der Waals surface area contributed by atoms with Crippen LogP contribution in [0, 0.1) is 23.0 Å². The first kappa shape index (κ1) is 15.1. The molecule has 0 saturated carbocycles. The van der Waals surface area contributed by atoms with Crippen LogP contribution in [0.15, 0.2) is 12.1 Å². The first-order valence-corrected chi connectivity index (χ1v) is 5.82. The standard InChI is InChI=1S/C13H14F2N2O2/c1-2-19-13(18)3-4-17-8-10-11(14)5-9(7-16)6-12(10)15/h5-6,17H,2-4,8H2,1H3. The number of nitrogens with one attached hydrogen (secondary N) is 1. The van der Waals surface area contributed by atoms with E-state index in [-0.39, 0.29) is 36.6 Å². The molecular formula is C13H14F2N2O2. The molecular weight excluding hydrogens is 254 g/mol. The van der Waals surface area contributed by atoms with Gasteiger partial charge in [0, 0.05) is 18.7 Å². The molecule has 0 spiro atoms. The zero-order valence-corrected chi connectivity index (χ0v) is 10.5. The number of benzene rings is 1. The summed E-state index contributed by atoms with van der Waals surface area (Å²) < 4.78 is 31.7. The molecule has 19 heavy (non-hydrogen) atoms. The second kappa shape index (κ2) is 7.44. The molecule has 1 aromatic rings. The molecule has 0 heterocycles. The Morgan fingerprint density at radius 2 is 2.05 bits per heavy atom. The van der Waals surface area contributed by atoms with E-state index in [9.17, 15) is 13.6 Å². The topological polar surface area (TPSA) is 62.1 Å². The Balaban J connectivity index is 2.50. The third-order valence-electron chi connectivity index (χ3n) is 2.38. The van der Waals surface area contributed by atoms with Crippen molar-refractivity contribution in [3.05, 3.63) is 34.9 Å². The molecule has 0 bridgehead atoms. The Bertz CT molecular complexity index is 475. The van der Waals surface area contributed by atoms with Crippen LogP contribution >= 0.6 is 0 Å². The van der Waals surface area contributed by atoms with Crippen molar-refractivity contribution < 1.29 is 18.3 Å². The van der Waals surface area contributed by atoms with Crippen LogP contribution in [0.25, 0.3) is 0 Å². The minimum absolute atomic E-state index is 0.0528. The van der Waals surface area contributed by atoms with Gasteiger partial charge in [0.25, 0.3) is 0 Å². The monoisotopic (exact) mass is 268 g/mol. The van der Waals surface area contributed by atoms with Crippen molar-refractivity contribution in [2.75, 3.05) is 13.2 Å². The SMILES string of the molecule is CCOC(=O)CCNCc1c(F)cc(C#N)cc1F. The number of ether oxygens (including phenoxy) is 1. The van der Waals surface area contributed by atoms with E-state index in [1.54, 1.807) is 13.0 Å². The molecule has 6 heteroatoms. The van der Waals surface area contributed by atoms with Crippen molar-refractivity contribution >= 4 is 5.97 Å². The maximum absolute atomic E-state index is 13.5.